The van der Waals surface area contributed by atoms with E-state index in [1.807, 2.05) is 6.08 Å². The van der Waals surface area contributed by atoms with Gasteiger partial charge in [0.25, 0.3) is 0 Å². The van der Waals surface area contributed by atoms with E-state index in [9.17, 15) is 9.59 Å². The van der Waals surface area contributed by atoms with Gasteiger partial charge in [0, 0.05) is 11.6 Å². The Labute approximate surface area is 115 Å². The monoisotopic (exact) mass is 262 g/mol. The lowest BCUT2D eigenvalue weighted by molar-refractivity contribution is -0.135. The van der Waals surface area contributed by atoms with Crippen molar-refractivity contribution >= 4 is 12.3 Å². The SMILES string of the molecule is COC(=O)/C=C(C=O)\C=C\C1=C(C)CCCC1(C)C. The molecule has 0 aromatic rings. The van der Waals surface area contributed by atoms with Gasteiger partial charge in [0.2, 0.25) is 0 Å². The van der Waals surface area contributed by atoms with E-state index in [-0.39, 0.29) is 5.41 Å². The Kier molecular flexibility index (Phi) is 5.28. The van der Waals surface area contributed by atoms with Gasteiger partial charge in [-0.3, -0.25) is 4.79 Å². The average molecular weight is 262 g/mol. The Morgan fingerprint density at radius 3 is 2.58 bits per heavy atom. The maximum atomic E-state index is 11.1. The van der Waals surface area contributed by atoms with Crippen LogP contribution in [0.5, 0.6) is 0 Å². The number of ether oxygens (including phenoxy) is 1. The summed E-state index contributed by atoms with van der Waals surface area (Å²) in [5, 5.41) is 0. The highest BCUT2D eigenvalue weighted by atomic mass is 16.5. The van der Waals surface area contributed by atoms with E-state index in [1.54, 1.807) is 6.08 Å². The number of aldehydes is 1. The molecule has 3 heteroatoms. The van der Waals surface area contributed by atoms with Crippen LogP contribution in [0.3, 0.4) is 0 Å². The molecule has 0 saturated carbocycles. The maximum Gasteiger partial charge on any atom is 0.331 e. The van der Waals surface area contributed by atoms with Gasteiger partial charge in [-0.25, -0.2) is 4.79 Å². The normalized spacial score (nSPS) is 19.7. The Bertz CT molecular complexity index is 451. The molecule has 0 aromatic heterocycles. The van der Waals surface area contributed by atoms with Gasteiger partial charge in [0.05, 0.1) is 7.11 Å². The summed E-state index contributed by atoms with van der Waals surface area (Å²) in [4.78, 5) is 22.0. The van der Waals surface area contributed by atoms with Crippen molar-refractivity contribution in [1.29, 1.82) is 0 Å². The number of carbonyl (C=O) groups is 2. The molecule has 1 rings (SSSR count). The molecule has 1 aliphatic rings. The van der Waals surface area contributed by atoms with Crippen molar-refractivity contribution in [2.24, 2.45) is 5.41 Å². The summed E-state index contributed by atoms with van der Waals surface area (Å²) in [5.41, 5.74) is 3.07. The van der Waals surface area contributed by atoms with E-state index in [0.29, 0.717) is 11.9 Å². The largest absolute Gasteiger partial charge is 0.466 e. The third-order valence-electron chi connectivity index (χ3n) is 3.61. The van der Waals surface area contributed by atoms with Crippen LogP contribution in [0.25, 0.3) is 0 Å². The van der Waals surface area contributed by atoms with Crippen LogP contribution in [0.15, 0.2) is 34.9 Å². The second kappa shape index (κ2) is 6.50. The highest BCUT2D eigenvalue weighted by Crippen LogP contribution is 2.40. The van der Waals surface area contributed by atoms with Crippen LogP contribution in [0.1, 0.15) is 40.0 Å². The van der Waals surface area contributed by atoms with E-state index < -0.39 is 5.97 Å². The summed E-state index contributed by atoms with van der Waals surface area (Å²) in [6, 6.07) is 0. The van der Waals surface area contributed by atoms with Gasteiger partial charge >= 0.3 is 5.97 Å². The molecule has 0 N–H and O–H groups in total. The number of hydrogen-bond donors (Lipinski definition) is 0. The predicted molar refractivity (Wildman–Crippen MR) is 75.6 cm³/mol. The lowest BCUT2D eigenvalue weighted by atomic mass is 9.72. The topological polar surface area (TPSA) is 43.4 Å². The molecule has 0 fully saturated rings. The molecule has 0 aromatic carbocycles. The average Bonchev–Trinajstić information content (AvgIpc) is 2.35. The number of esters is 1. The van der Waals surface area contributed by atoms with Crippen molar-refractivity contribution < 1.29 is 14.3 Å². The quantitative estimate of drug-likeness (QED) is 0.338. The number of carbonyl (C=O) groups excluding carboxylic acids is 2. The summed E-state index contributed by atoms with van der Waals surface area (Å²) in [5.74, 6) is -0.514. The van der Waals surface area contributed by atoms with Crippen molar-refractivity contribution in [3.63, 3.8) is 0 Å². The number of rotatable bonds is 4. The van der Waals surface area contributed by atoms with E-state index in [4.69, 9.17) is 0 Å². The lowest BCUT2D eigenvalue weighted by Gasteiger charge is -2.32. The zero-order valence-corrected chi connectivity index (χ0v) is 12.2. The molecule has 0 amide bonds. The third kappa shape index (κ3) is 4.19. The van der Waals surface area contributed by atoms with Crippen LogP contribution in [-0.2, 0) is 14.3 Å². The van der Waals surface area contributed by atoms with Gasteiger partial charge in [-0.05, 0) is 37.2 Å². The summed E-state index contributed by atoms with van der Waals surface area (Å²) in [7, 11) is 1.29. The molecule has 3 nitrogen and oxygen atoms in total. The highest BCUT2D eigenvalue weighted by molar-refractivity contribution is 5.91. The minimum Gasteiger partial charge on any atom is -0.466 e. The highest BCUT2D eigenvalue weighted by Gasteiger charge is 2.26. The van der Waals surface area contributed by atoms with Crippen LogP contribution in [0, 0.1) is 5.41 Å². The Balaban J connectivity index is 2.99. The minimum absolute atomic E-state index is 0.123. The fourth-order valence-corrected chi connectivity index (χ4v) is 2.51. The van der Waals surface area contributed by atoms with E-state index in [0.717, 1.165) is 12.8 Å². The summed E-state index contributed by atoms with van der Waals surface area (Å²) in [6.07, 6.45) is 8.96. The van der Waals surface area contributed by atoms with Crippen molar-refractivity contribution in [3.05, 3.63) is 34.9 Å². The van der Waals surface area contributed by atoms with Gasteiger partial charge in [0.15, 0.2) is 0 Å². The second-order valence-corrected chi connectivity index (χ2v) is 5.55. The van der Waals surface area contributed by atoms with Gasteiger partial charge in [-0.1, -0.05) is 31.6 Å². The molecular formula is C16H22O3. The summed E-state index contributed by atoms with van der Waals surface area (Å²) >= 11 is 0. The first kappa shape index (κ1) is 15.4. The van der Waals surface area contributed by atoms with Crippen molar-refractivity contribution in [3.8, 4) is 0 Å². The second-order valence-electron chi connectivity index (χ2n) is 5.55. The first-order valence-corrected chi connectivity index (χ1v) is 6.54. The molecule has 19 heavy (non-hydrogen) atoms. The number of methoxy groups -OCH3 is 1. The Hall–Kier alpha value is -1.64. The molecule has 0 saturated heterocycles. The zero-order chi connectivity index (χ0) is 14.5. The molecule has 0 spiro atoms. The summed E-state index contributed by atoms with van der Waals surface area (Å²) < 4.78 is 4.52. The standard InChI is InChI=1S/C16H22O3/c1-12-6-5-9-16(2,3)14(12)8-7-13(11-17)10-15(18)19-4/h7-8,10-11H,5-6,9H2,1-4H3/b8-7+,13-10+. The fourth-order valence-electron chi connectivity index (χ4n) is 2.51. The molecule has 0 radical (unpaired) electrons. The Morgan fingerprint density at radius 1 is 1.37 bits per heavy atom. The van der Waals surface area contributed by atoms with Crippen LogP contribution >= 0.6 is 0 Å². The molecule has 0 atom stereocenters. The van der Waals surface area contributed by atoms with Crippen LogP contribution < -0.4 is 0 Å². The van der Waals surface area contributed by atoms with E-state index in [1.165, 1.54) is 30.8 Å². The zero-order valence-electron chi connectivity index (χ0n) is 12.2. The number of hydrogen-bond acceptors (Lipinski definition) is 3. The van der Waals surface area contributed by atoms with Crippen molar-refractivity contribution in [1.82, 2.24) is 0 Å². The molecule has 0 heterocycles. The van der Waals surface area contributed by atoms with E-state index >= 15 is 0 Å². The molecule has 0 bridgehead atoms. The molecule has 0 unspecified atom stereocenters. The smallest absolute Gasteiger partial charge is 0.331 e. The fraction of sp³-hybridized carbons (Fsp3) is 0.500. The number of allylic oxidation sites excluding steroid dienone is 5. The lowest BCUT2D eigenvalue weighted by Crippen LogP contribution is -2.19. The van der Waals surface area contributed by atoms with Gasteiger partial charge in [0.1, 0.15) is 6.29 Å². The van der Waals surface area contributed by atoms with Crippen molar-refractivity contribution in [2.45, 2.75) is 40.0 Å². The maximum absolute atomic E-state index is 11.1. The van der Waals surface area contributed by atoms with Crippen LogP contribution in [-0.4, -0.2) is 19.4 Å². The van der Waals surface area contributed by atoms with Crippen LogP contribution in [0.2, 0.25) is 0 Å². The summed E-state index contributed by atoms with van der Waals surface area (Å²) in [6.45, 7) is 6.55. The van der Waals surface area contributed by atoms with Crippen LogP contribution in [0.4, 0.5) is 0 Å². The van der Waals surface area contributed by atoms with Gasteiger partial charge in [-0.2, -0.15) is 0 Å². The van der Waals surface area contributed by atoms with Gasteiger partial charge < -0.3 is 4.74 Å². The molecule has 104 valence electrons. The Morgan fingerprint density at radius 2 is 2.05 bits per heavy atom. The molecular weight excluding hydrogens is 240 g/mol. The van der Waals surface area contributed by atoms with E-state index in [2.05, 4.69) is 25.5 Å². The molecule has 0 aliphatic heterocycles. The third-order valence-corrected chi connectivity index (χ3v) is 3.61. The first-order valence-electron chi connectivity index (χ1n) is 6.54. The first-order chi connectivity index (χ1) is 8.90. The minimum atomic E-state index is -0.514. The van der Waals surface area contributed by atoms with Gasteiger partial charge in [-0.15, -0.1) is 0 Å². The van der Waals surface area contributed by atoms with Crippen molar-refractivity contribution in [2.75, 3.05) is 7.11 Å². The molecule has 1 aliphatic carbocycles. The predicted octanol–water partition coefficient (Wildman–Crippen LogP) is 3.37.